The van der Waals surface area contributed by atoms with Gasteiger partial charge in [-0.2, -0.15) is 0 Å². The Labute approximate surface area is 192 Å². The van der Waals surface area contributed by atoms with Gasteiger partial charge in [0.15, 0.2) is 21.2 Å². The molecule has 1 N–H and O–H groups in total. The van der Waals surface area contributed by atoms with Crippen molar-refractivity contribution in [1.82, 2.24) is 9.55 Å². The smallest absolute Gasteiger partial charge is 0.228 e. The third-order valence-corrected chi connectivity index (χ3v) is 5.52. The monoisotopic (exact) mass is 506 g/mol. The van der Waals surface area contributed by atoms with Crippen LogP contribution in [-0.2, 0) is 9.84 Å². The highest BCUT2D eigenvalue weighted by Gasteiger charge is 2.21. The summed E-state index contributed by atoms with van der Waals surface area (Å²) in [6.45, 7) is 1.54. The summed E-state index contributed by atoms with van der Waals surface area (Å²) in [4.78, 5) is 16.8. The van der Waals surface area contributed by atoms with E-state index in [0.717, 1.165) is 6.26 Å². The third-order valence-electron chi connectivity index (χ3n) is 4.12. The Morgan fingerprint density at radius 1 is 1.10 bits per heavy atom. The normalized spacial score (nSPS) is 11.7. The van der Waals surface area contributed by atoms with Crippen molar-refractivity contribution in [2.24, 2.45) is 0 Å². The number of aryl methyl sites for hydroxylation is 1. The van der Waals surface area contributed by atoms with Crippen LogP contribution in [0.3, 0.4) is 0 Å². The second-order valence-electron chi connectivity index (χ2n) is 6.62. The predicted octanol–water partition coefficient (Wildman–Crippen LogP) is 3.41. The van der Waals surface area contributed by atoms with Gasteiger partial charge in [0.05, 0.1) is 39.1 Å². The lowest BCUT2D eigenvalue weighted by atomic mass is 10.2. The second-order valence-corrected chi connectivity index (χ2v) is 9.92. The van der Waals surface area contributed by atoms with E-state index in [1.54, 1.807) is 11.5 Å². The largest absolute Gasteiger partial charge is 0.491 e. The molecule has 31 heavy (non-hydrogen) atoms. The molecule has 3 aromatic rings. The van der Waals surface area contributed by atoms with Gasteiger partial charge in [0.1, 0.15) is 17.7 Å². The molecule has 0 amide bonds. The van der Waals surface area contributed by atoms with Gasteiger partial charge in [0.25, 0.3) is 0 Å². The minimum atomic E-state index is -3.49. The van der Waals surface area contributed by atoms with Crippen molar-refractivity contribution in [2.45, 2.75) is 6.92 Å². The number of fused-ring (bicyclic) bond motifs is 1. The van der Waals surface area contributed by atoms with Crippen LogP contribution in [0.25, 0.3) is 16.6 Å². The van der Waals surface area contributed by atoms with Crippen molar-refractivity contribution >= 4 is 55.5 Å². The number of aliphatic hydroxyl groups excluding tert-OH is 1. The maximum atomic E-state index is 12.8. The molecule has 3 rings (SSSR count). The van der Waals surface area contributed by atoms with Gasteiger partial charge in [-0.1, -0.05) is 34.8 Å². The number of aliphatic hydroxyl groups is 1. The number of hydrogen-bond acceptors (Lipinski definition) is 7. The first-order chi connectivity index (χ1) is 14.5. The highest BCUT2D eigenvalue weighted by Crippen LogP contribution is 2.38. The summed E-state index contributed by atoms with van der Waals surface area (Å²) in [5.74, 6) is -0.498. The molecule has 0 fully saturated rings. The summed E-state index contributed by atoms with van der Waals surface area (Å²) >= 11 is 19.3. The molecule has 0 saturated heterocycles. The average molecular weight is 508 g/mol. The molecule has 12 heteroatoms. The van der Waals surface area contributed by atoms with Crippen LogP contribution >= 0.6 is 34.8 Å². The third kappa shape index (κ3) is 5.07. The van der Waals surface area contributed by atoms with E-state index in [1.807, 2.05) is 0 Å². The van der Waals surface area contributed by atoms with E-state index in [1.165, 1.54) is 24.4 Å². The van der Waals surface area contributed by atoms with Gasteiger partial charge in [-0.05, 0) is 6.92 Å². The molecule has 0 aliphatic carbocycles. The van der Waals surface area contributed by atoms with Crippen LogP contribution in [0.5, 0.6) is 11.6 Å². The van der Waals surface area contributed by atoms with Crippen LogP contribution in [0, 0.1) is 6.92 Å². The molecular weight excluding hydrogens is 491 g/mol. The molecule has 2 heterocycles. The first kappa shape index (κ1) is 23.6. The van der Waals surface area contributed by atoms with Gasteiger partial charge in [-0.25, -0.2) is 13.4 Å². The van der Waals surface area contributed by atoms with Crippen molar-refractivity contribution in [3.63, 3.8) is 0 Å². The first-order valence-corrected chi connectivity index (χ1v) is 12.0. The molecule has 0 radical (unpaired) electrons. The molecule has 0 spiro atoms. The minimum absolute atomic E-state index is 0.0190. The van der Waals surface area contributed by atoms with Crippen molar-refractivity contribution in [3.05, 3.63) is 55.4 Å². The maximum Gasteiger partial charge on any atom is 0.228 e. The zero-order chi connectivity index (χ0) is 22.9. The van der Waals surface area contributed by atoms with Crippen LogP contribution in [0.15, 0.2) is 29.2 Å². The van der Waals surface area contributed by atoms with Crippen LogP contribution < -0.4 is 14.9 Å². The quantitative estimate of drug-likeness (QED) is 0.522. The number of hydrogen-bond donors (Lipinski definition) is 1. The minimum Gasteiger partial charge on any atom is -0.491 e. The fourth-order valence-corrected chi connectivity index (χ4v) is 4.16. The number of ether oxygens (including phenoxy) is 2. The van der Waals surface area contributed by atoms with E-state index >= 15 is 0 Å². The second kappa shape index (κ2) is 9.22. The Balaban J connectivity index is 2.31. The fourth-order valence-electron chi connectivity index (χ4n) is 2.97. The summed E-state index contributed by atoms with van der Waals surface area (Å²) in [5.41, 5.74) is 0.534. The zero-order valence-electron chi connectivity index (χ0n) is 16.4. The number of benzene rings is 1. The van der Waals surface area contributed by atoms with Crippen LogP contribution in [0.1, 0.15) is 5.69 Å². The molecule has 0 saturated carbocycles. The molecule has 0 aliphatic heterocycles. The van der Waals surface area contributed by atoms with Gasteiger partial charge >= 0.3 is 0 Å². The first-order valence-electron chi connectivity index (χ1n) is 8.78. The average Bonchev–Trinajstić information content (AvgIpc) is 2.66. The SMILES string of the molecule is Cc1cc(=O)c2c(OCS(C)(=O)=O)ncc(Cl)c2n1-c1c(Cl)cc(OCCO)cc1Cl. The summed E-state index contributed by atoms with van der Waals surface area (Å²) < 4.78 is 35.2. The number of nitrogens with zero attached hydrogens (tertiary/aromatic N) is 2. The molecular formula is C19H17Cl3N2O6S. The summed E-state index contributed by atoms with van der Waals surface area (Å²) in [6, 6.07) is 4.34. The van der Waals surface area contributed by atoms with Gasteiger partial charge in [0.2, 0.25) is 5.88 Å². The summed E-state index contributed by atoms with van der Waals surface area (Å²) in [7, 11) is -3.49. The van der Waals surface area contributed by atoms with Gasteiger partial charge in [-0.15, -0.1) is 0 Å². The molecule has 0 atom stereocenters. The highest BCUT2D eigenvalue weighted by atomic mass is 35.5. The van der Waals surface area contributed by atoms with Crippen molar-refractivity contribution in [3.8, 4) is 17.3 Å². The van der Waals surface area contributed by atoms with E-state index in [2.05, 4.69) is 4.98 Å². The Morgan fingerprint density at radius 3 is 2.32 bits per heavy atom. The molecule has 2 aromatic heterocycles. The molecule has 8 nitrogen and oxygen atoms in total. The van der Waals surface area contributed by atoms with Gasteiger partial charge < -0.3 is 19.1 Å². The Morgan fingerprint density at radius 2 is 1.74 bits per heavy atom. The van der Waals surface area contributed by atoms with E-state index in [9.17, 15) is 13.2 Å². The standard InChI is InChI=1S/C19H17Cl3N2O6S/c1-10-5-15(26)16-18(14(22)8-23-19(16)30-9-31(2,27)28)24(10)17-12(20)6-11(7-13(17)21)29-4-3-25/h5-8,25H,3-4,9H2,1-2H3. The van der Waals surface area contributed by atoms with Gasteiger partial charge in [-0.3, -0.25) is 4.79 Å². The van der Waals surface area contributed by atoms with Gasteiger partial charge in [0, 0.05) is 30.1 Å². The zero-order valence-corrected chi connectivity index (χ0v) is 19.4. The number of sulfone groups is 1. The summed E-state index contributed by atoms with van der Waals surface area (Å²) in [6.07, 6.45) is 2.24. The molecule has 0 unspecified atom stereocenters. The fraction of sp³-hybridized carbons (Fsp3) is 0.263. The van der Waals surface area contributed by atoms with Crippen LogP contribution in [-0.4, -0.2) is 48.5 Å². The maximum absolute atomic E-state index is 12.8. The topological polar surface area (TPSA) is 108 Å². The van der Waals surface area contributed by atoms with Crippen molar-refractivity contribution in [2.75, 3.05) is 25.4 Å². The summed E-state index contributed by atoms with van der Waals surface area (Å²) in [5, 5.41) is 9.41. The Hall–Kier alpha value is -2.04. The van der Waals surface area contributed by atoms with E-state index in [-0.39, 0.29) is 45.1 Å². The van der Waals surface area contributed by atoms with Crippen molar-refractivity contribution < 1.29 is 23.0 Å². The molecule has 0 aliphatic rings. The van der Waals surface area contributed by atoms with E-state index < -0.39 is 21.2 Å². The Kier molecular flexibility index (Phi) is 7.02. The lowest BCUT2D eigenvalue weighted by molar-refractivity contribution is 0.201. The van der Waals surface area contributed by atoms with Crippen LogP contribution in [0.4, 0.5) is 0 Å². The van der Waals surface area contributed by atoms with E-state index in [0.29, 0.717) is 17.1 Å². The number of halogens is 3. The lowest BCUT2D eigenvalue weighted by Gasteiger charge is -2.20. The van der Waals surface area contributed by atoms with Crippen LogP contribution in [0.2, 0.25) is 15.1 Å². The van der Waals surface area contributed by atoms with Crippen molar-refractivity contribution in [1.29, 1.82) is 0 Å². The number of aromatic nitrogens is 2. The Bertz CT molecular complexity index is 1300. The highest BCUT2D eigenvalue weighted by molar-refractivity contribution is 7.90. The van der Waals surface area contributed by atoms with E-state index in [4.69, 9.17) is 49.4 Å². The molecule has 0 bridgehead atoms. The lowest BCUT2D eigenvalue weighted by Crippen LogP contribution is -2.16. The number of rotatable bonds is 7. The molecule has 166 valence electrons. The predicted molar refractivity (Wildman–Crippen MR) is 120 cm³/mol. The molecule has 1 aromatic carbocycles. The number of pyridine rings is 2.